The summed E-state index contributed by atoms with van der Waals surface area (Å²) in [7, 11) is 0.698. The molecule has 1 unspecified atom stereocenters. The predicted octanol–water partition coefficient (Wildman–Crippen LogP) is 2.85. The fourth-order valence-electron chi connectivity index (χ4n) is 1.59. The molecule has 12 heteroatoms. The minimum Gasteiger partial charge on any atom is -0.493 e. The number of ketones is 1. The summed E-state index contributed by atoms with van der Waals surface area (Å²) >= 11 is 0. The lowest BCUT2D eigenvalue weighted by molar-refractivity contribution is -0.409. The highest BCUT2D eigenvalue weighted by Gasteiger charge is 2.85. The van der Waals surface area contributed by atoms with Gasteiger partial charge in [-0.25, -0.2) is 0 Å². The maximum Gasteiger partial charge on any atom is 0.460 e. The lowest BCUT2D eigenvalue weighted by atomic mass is 9.84. The largest absolute Gasteiger partial charge is 0.493 e. The van der Waals surface area contributed by atoms with E-state index in [1.807, 2.05) is 0 Å². The summed E-state index contributed by atoms with van der Waals surface area (Å²) < 4.78 is 120. The van der Waals surface area contributed by atoms with Crippen LogP contribution in [0.1, 0.15) is 0 Å². The second kappa shape index (κ2) is 5.14. The lowest BCUT2D eigenvalue weighted by Crippen LogP contribution is -2.68. The van der Waals surface area contributed by atoms with E-state index in [2.05, 4.69) is 4.74 Å². The quantitative estimate of drug-likeness (QED) is 0.787. The van der Waals surface area contributed by atoms with Gasteiger partial charge in [-0.3, -0.25) is 4.79 Å². The van der Waals surface area contributed by atoms with Crippen LogP contribution in [0, 0.1) is 0 Å². The standard InChI is InChI=1S/C11H7F9O3/c1-23-6-4-7(22,3-2-5(6)21)8(12,13)9(14,15)10(16,17)11(18,19)20/h2-4,22H,1H3. The van der Waals surface area contributed by atoms with Crippen LogP contribution < -0.4 is 0 Å². The summed E-state index contributed by atoms with van der Waals surface area (Å²) in [6.45, 7) is 0. The average molecular weight is 358 g/mol. The van der Waals surface area contributed by atoms with Crippen molar-refractivity contribution in [3.8, 4) is 0 Å². The van der Waals surface area contributed by atoms with Crippen LogP contribution in [0.2, 0.25) is 0 Å². The van der Waals surface area contributed by atoms with Gasteiger partial charge in [-0.05, 0) is 12.2 Å². The number of methoxy groups -OCH3 is 1. The van der Waals surface area contributed by atoms with Crippen LogP contribution in [0.15, 0.2) is 24.0 Å². The molecule has 0 saturated heterocycles. The Kier molecular flexibility index (Phi) is 4.32. The molecule has 0 bridgehead atoms. The maximum absolute atomic E-state index is 13.7. The molecule has 1 N–H and O–H groups in total. The van der Waals surface area contributed by atoms with Gasteiger partial charge in [0.05, 0.1) is 7.11 Å². The number of hydrogen-bond acceptors (Lipinski definition) is 3. The molecule has 1 aliphatic carbocycles. The summed E-state index contributed by atoms with van der Waals surface area (Å²) in [4.78, 5) is 11.1. The Labute approximate surface area is 122 Å². The summed E-state index contributed by atoms with van der Waals surface area (Å²) in [5.74, 6) is -22.9. The van der Waals surface area contributed by atoms with Gasteiger partial charge in [0, 0.05) is 6.08 Å². The molecule has 0 radical (unpaired) electrons. The fourth-order valence-corrected chi connectivity index (χ4v) is 1.59. The second-order valence-corrected chi connectivity index (χ2v) is 4.46. The highest BCUT2D eigenvalue weighted by molar-refractivity contribution is 6.03. The van der Waals surface area contributed by atoms with Crippen LogP contribution in [0.25, 0.3) is 0 Å². The molecule has 0 aliphatic heterocycles. The number of carbonyl (C=O) groups excluding carboxylic acids is 1. The minimum atomic E-state index is -7.16. The van der Waals surface area contributed by atoms with Crippen molar-refractivity contribution in [2.75, 3.05) is 7.11 Å². The molecule has 3 nitrogen and oxygen atoms in total. The van der Waals surface area contributed by atoms with Crippen LogP contribution >= 0.6 is 0 Å². The van der Waals surface area contributed by atoms with E-state index in [-0.39, 0.29) is 18.2 Å². The van der Waals surface area contributed by atoms with E-state index < -0.39 is 41.1 Å². The molecule has 0 aromatic carbocycles. The predicted molar refractivity (Wildman–Crippen MR) is 55.1 cm³/mol. The zero-order valence-corrected chi connectivity index (χ0v) is 10.9. The number of hydrogen-bond donors (Lipinski definition) is 1. The smallest absolute Gasteiger partial charge is 0.460 e. The van der Waals surface area contributed by atoms with Gasteiger partial charge in [-0.1, -0.05) is 0 Å². The normalized spacial score (nSPS) is 23.8. The third-order valence-electron chi connectivity index (χ3n) is 2.95. The molecule has 1 atom stereocenters. The Morgan fingerprint density at radius 3 is 1.87 bits per heavy atom. The van der Waals surface area contributed by atoms with Gasteiger partial charge in [-0.2, -0.15) is 39.5 Å². The van der Waals surface area contributed by atoms with Crippen LogP contribution in [0.4, 0.5) is 39.5 Å². The van der Waals surface area contributed by atoms with Crippen LogP contribution in [0.3, 0.4) is 0 Å². The summed E-state index contributed by atoms with van der Waals surface area (Å²) in [6.07, 6.45) is -7.62. The highest BCUT2D eigenvalue weighted by Crippen LogP contribution is 2.57. The Hall–Kier alpha value is -1.72. The highest BCUT2D eigenvalue weighted by atomic mass is 19.4. The molecule has 0 saturated carbocycles. The van der Waals surface area contributed by atoms with Gasteiger partial charge in [0.25, 0.3) is 0 Å². The van der Waals surface area contributed by atoms with E-state index in [0.29, 0.717) is 7.11 Å². The van der Waals surface area contributed by atoms with Crippen LogP contribution in [-0.4, -0.2) is 47.5 Å². The lowest BCUT2D eigenvalue weighted by Gasteiger charge is -2.40. The van der Waals surface area contributed by atoms with Crippen molar-refractivity contribution in [2.45, 2.75) is 29.5 Å². The molecule has 23 heavy (non-hydrogen) atoms. The van der Waals surface area contributed by atoms with E-state index >= 15 is 0 Å². The molecule has 1 aliphatic rings. The van der Waals surface area contributed by atoms with E-state index in [1.54, 1.807) is 0 Å². The van der Waals surface area contributed by atoms with Crippen molar-refractivity contribution >= 4 is 5.78 Å². The Morgan fingerprint density at radius 1 is 1.00 bits per heavy atom. The molecule has 1 rings (SSSR count). The minimum absolute atomic E-state index is 0.0779. The molecule has 0 spiro atoms. The van der Waals surface area contributed by atoms with Crippen LogP contribution in [-0.2, 0) is 9.53 Å². The molecular formula is C11H7F9O3. The number of alkyl halides is 9. The molecule has 0 heterocycles. The molecule has 0 aromatic rings. The number of ether oxygens (including phenoxy) is 1. The zero-order chi connectivity index (χ0) is 18.5. The van der Waals surface area contributed by atoms with Crippen molar-refractivity contribution < 1.29 is 54.2 Å². The molecule has 0 fully saturated rings. The second-order valence-electron chi connectivity index (χ2n) is 4.46. The number of halogens is 9. The number of rotatable bonds is 4. The maximum atomic E-state index is 13.7. The van der Waals surface area contributed by atoms with Gasteiger partial charge in [0.2, 0.25) is 5.78 Å². The Balaban J connectivity index is 3.48. The topological polar surface area (TPSA) is 46.5 Å². The van der Waals surface area contributed by atoms with Gasteiger partial charge < -0.3 is 9.84 Å². The van der Waals surface area contributed by atoms with Crippen LogP contribution in [0.5, 0.6) is 0 Å². The van der Waals surface area contributed by atoms with E-state index in [0.717, 1.165) is 0 Å². The molecule has 0 amide bonds. The fraction of sp³-hybridized carbons (Fsp3) is 0.545. The van der Waals surface area contributed by atoms with E-state index in [1.165, 1.54) is 0 Å². The first-order valence-electron chi connectivity index (χ1n) is 5.48. The van der Waals surface area contributed by atoms with Gasteiger partial charge in [-0.15, -0.1) is 0 Å². The summed E-state index contributed by atoms with van der Waals surface area (Å²) in [5.41, 5.74) is -4.32. The summed E-state index contributed by atoms with van der Waals surface area (Å²) in [6, 6.07) is 0. The van der Waals surface area contributed by atoms with Crippen molar-refractivity contribution in [1.29, 1.82) is 0 Å². The number of carbonyl (C=O) groups is 1. The molecular weight excluding hydrogens is 351 g/mol. The van der Waals surface area contributed by atoms with E-state index in [9.17, 15) is 49.4 Å². The third kappa shape index (κ3) is 2.58. The first kappa shape index (κ1) is 19.3. The SMILES string of the molecule is COC1=CC(O)(C(F)(F)C(F)(F)C(F)(F)C(F)(F)F)C=CC1=O. The Bertz CT molecular complexity index is 562. The Morgan fingerprint density at radius 2 is 1.48 bits per heavy atom. The van der Waals surface area contributed by atoms with Gasteiger partial charge in [0.15, 0.2) is 11.4 Å². The zero-order valence-electron chi connectivity index (χ0n) is 10.9. The number of aliphatic hydroxyl groups is 1. The van der Waals surface area contributed by atoms with E-state index in [4.69, 9.17) is 0 Å². The first-order chi connectivity index (χ1) is 10.0. The summed E-state index contributed by atoms with van der Waals surface area (Å²) in [5, 5.41) is 9.46. The van der Waals surface area contributed by atoms with Gasteiger partial charge in [0.1, 0.15) is 0 Å². The molecule has 132 valence electrons. The van der Waals surface area contributed by atoms with Gasteiger partial charge >= 0.3 is 23.9 Å². The van der Waals surface area contributed by atoms with Crippen molar-refractivity contribution in [1.82, 2.24) is 0 Å². The third-order valence-corrected chi connectivity index (χ3v) is 2.95. The van der Waals surface area contributed by atoms with Crippen molar-refractivity contribution in [3.63, 3.8) is 0 Å². The molecule has 0 aromatic heterocycles. The van der Waals surface area contributed by atoms with Crippen molar-refractivity contribution in [3.05, 3.63) is 24.0 Å². The monoisotopic (exact) mass is 358 g/mol. The number of allylic oxidation sites excluding steroid dienone is 1. The first-order valence-corrected chi connectivity index (χ1v) is 5.48. The van der Waals surface area contributed by atoms with Crippen molar-refractivity contribution in [2.24, 2.45) is 0 Å². The average Bonchev–Trinajstić information content (AvgIpc) is 2.39.